The highest BCUT2D eigenvalue weighted by Gasteiger charge is 2.19. The first-order chi connectivity index (χ1) is 27.2. The predicted octanol–water partition coefficient (Wildman–Crippen LogP) is 15.8. The van der Waals surface area contributed by atoms with E-state index < -0.39 is 6.10 Å². The number of esters is 3. The van der Waals surface area contributed by atoms with Crippen LogP contribution in [0.1, 0.15) is 272 Å². The molecule has 0 unspecified atom stereocenters. The second kappa shape index (κ2) is 43.0. The summed E-state index contributed by atoms with van der Waals surface area (Å²) in [5.41, 5.74) is 0. The second-order valence-electron chi connectivity index (χ2n) is 18.1. The van der Waals surface area contributed by atoms with E-state index in [0.29, 0.717) is 19.3 Å². The standard InChI is InChI=1S/C50H96O6/c1-6-7-8-9-23-32-37-42-50(53)56-47(44-55-49(52)41-36-31-27-22-18-14-13-16-20-25-29-34-39-46(4)5)43-54-48(51)40-35-30-26-21-17-12-10-11-15-19-24-28-33-38-45(2)3/h45-47H,6-44H2,1-5H3/t47-/m1/s1. The van der Waals surface area contributed by atoms with E-state index >= 15 is 0 Å². The highest BCUT2D eigenvalue weighted by atomic mass is 16.6. The highest BCUT2D eigenvalue weighted by molar-refractivity contribution is 5.71. The molecular formula is C50H96O6. The Kier molecular flexibility index (Phi) is 41.8. The van der Waals surface area contributed by atoms with E-state index in [0.717, 1.165) is 69.6 Å². The van der Waals surface area contributed by atoms with Gasteiger partial charge in [-0.3, -0.25) is 14.4 Å². The van der Waals surface area contributed by atoms with Crippen LogP contribution in [0, 0.1) is 11.8 Å². The van der Waals surface area contributed by atoms with E-state index in [1.807, 2.05) is 0 Å². The molecule has 0 aliphatic carbocycles. The Morgan fingerprint density at radius 3 is 0.875 bits per heavy atom. The maximum absolute atomic E-state index is 12.6. The molecule has 0 aliphatic heterocycles. The lowest BCUT2D eigenvalue weighted by Crippen LogP contribution is -2.30. The van der Waals surface area contributed by atoms with E-state index in [9.17, 15) is 14.4 Å². The van der Waals surface area contributed by atoms with Gasteiger partial charge in [0.25, 0.3) is 0 Å². The first-order valence-electron chi connectivity index (χ1n) is 24.7. The van der Waals surface area contributed by atoms with Gasteiger partial charge in [-0.2, -0.15) is 0 Å². The van der Waals surface area contributed by atoms with Crippen molar-refractivity contribution < 1.29 is 28.6 Å². The summed E-state index contributed by atoms with van der Waals surface area (Å²) in [4.78, 5) is 37.7. The van der Waals surface area contributed by atoms with Gasteiger partial charge in [0.1, 0.15) is 13.2 Å². The van der Waals surface area contributed by atoms with Gasteiger partial charge in [-0.1, -0.05) is 234 Å². The Labute approximate surface area is 348 Å². The smallest absolute Gasteiger partial charge is 0.306 e. The van der Waals surface area contributed by atoms with Crippen LogP contribution in [0.4, 0.5) is 0 Å². The molecule has 0 aromatic carbocycles. The van der Waals surface area contributed by atoms with Crippen LogP contribution < -0.4 is 0 Å². The molecule has 0 saturated carbocycles. The van der Waals surface area contributed by atoms with Crippen molar-refractivity contribution in [3.05, 3.63) is 0 Å². The van der Waals surface area contributed by atoms with Gasteiger partial charge in [-0.25, -0.2) is 0 Å². The normalized spacial score (nSPS) is 12.1. The van der Waals surface area contributed by atoms with Crippen LogP contribution >= 0.6 is 0 Å². The third-order valence-corrected chi connectivity index (χ3v) is 11.2. The molecule has 0 rings (SSSR count). The molecule has 0 bridgehead atoms. The summed E-state index contributed by atoms with van der Waals surface area (Å²) in [6.07, 6.45) is 42.4. The topological polar surface area (TPSA) is 78.9 Å². The van der Waals surface area contributed by atoms with Crippen LogP contribution in [0.3, 0.4) is 0 Å². The van der Waals surface area contributed by atoms with Crippen molar-refractivity contribution in [2.45, 2.75) is 278 Å². The molecule has 0 aromatic rings. The maximum Gasteiger partial charge on any atom is 0.306 e. The molecule has 0 radical (unpaired) electrons. The van der Waals surface area contributed by atoms with Crippen molar-refractivity contribution in [1.29, 1.82) is 0 Å². The van der Waals surface area contributed by atoms with Gasteiger partial charge in [0, 0.05) is 19.3 Å². The van der Waals surface area contributed by atoms with E-state index in [1.165, 1.54) is 161 Å². The van der Waals surface area contributed by atoms with Gasteiger partial charge >= 0.3 is 17.9 Å². The summed E-state index contributed by atoms with van der Waals surface area (Å²) in [7, 11) is 0. The zero-order valence-corrected chi connectivity index (χ0v) is 38.3. The van der Waals surface area contributed by atoms with Crippen LogP contribution in [0.5, 0.6) is 0 Å². The van der Waals surface area contributed by atoms with E-state index in [4.69, 9.17) is 14.2 Å². The van der Waals surface area contributed by atoms with Crippen LogP contribution in [-0.2, 0) is 28.6 Å². The minimum atomic E-state index is -0.759. The number of carbonyl (C=O) groups excluding carboxylic acids is 3. The first kappa shape index (κ1) is 54.4. The van der Waals surface area contributed by atoms with Gasteiger partial charge < -0.3 is 14.2 Å². The summed E-state index contributed by atoms with van der Waals surface area (Å²) in [5.74, 6) is 0.816. The average molecular weight is 793 g/mol. The lowest BCUT2D eigenvalue weighted by molar-refractivity contribution is -0.167. The number of hydrogen-bond donors (Lipinski definition) is 0. The molecule has 1 atom stereocenters. The zero-order valence-electron chi connectivity index (χ0n) is 38.3. The Balaban J connectivity index is 4.19. The molecule has 332 valence electrons. The molecule has 0 aromatic heterocycles. The molecule has 6 nitrogen and oxygen atoms in total. The minimum absolute atomic E-state index is 0.0645. The van der Waals surface area contributed by atoms with Crippen molar-refractivity contribution in [3.8, 4) is 0 Å². The Hall–Kier alpha value is -1.59. The molecule has 0 spiro atoms. The van der Waals surface area contributed by atoms with Gasteiger partial charge in [0.15, 0.2) is 6.10 Å². The number of rotatable bonds is 44. The summed E-state index contributed by atoms with van der Waals surface area (Å²) in [5, 5.41) is 0. The monoisotopic (exact) mass is 793 g/mol. The minimum Gasteiger partial charge on any atom is -0.462 e. The van der Waals surface area contributed by atoms with Crippen LogP contribution in [0.15, 0.2) is 0 Å². The molecule has 0 aliphatic rings. The summed E-state index contributed by atoms with van der Waals surface area (Å²) in [6.45, 7) is 11.3. The molecule has 0 heterocycles. The van der Waals surface area contributed by atoms with Gasteiger partial charge in [-0.15, -0.1) is 0 Å². The Morgan fingerprint density at radius 2 is 0.589 bits per heavy atom. The van der Waals surface area contributed by atoms with E-state index in [2.05, 4.69) is 34.6 Å². The SMILES string of the molecule is CCCCCCCCCC(=O)O[C@H](COC(=O)CCCCCCCCCCCCCCCC(C)C)COC(=O)CCCCCCCCCCCCCCC(C)C. The van der Waals surface area contributed by atoms with Gasteiger partial charge in [0.05, 0.1) is 0 Å². The highest BCUT2D eigenvalue weighted by Crippen LogP contribution is 2.17. The number of carbonyl (C=O) groups is 3. The fourth-order valence-corrected chi connectivity index (χ4v) is 7.46. The van der Waals surface area contributed by atoms with Crippen molar-refractivity contribution in [2.24, 2.45) is 11.8 Å². The van der Waals surface area contributed by atoms with Crippen molar-refractivity contribution in [3.63, 3.8) is 0 Å². The van der Waals surface area contributed by atoms with Crippen molar-refractivity contribution in [2.75, 3.05) is 13.2 Å². The lowest BCUT2D eigenvalue weighted by atomic mass is 10.0. The van der Waals surface area contributed by atoms with Crippen molar-refractivity contribution >= 4 is 17.9 Å². The largest absolute Gasteiger partial charge is 0.462 e. The Morgan fingerprint density at radius 1 is 0.339 bits per heavy atom. The van der Waals surface area contributed by atoms with Crippen LogP contribution in [0.2, 0.25) is 0 Å². The first-order valence-corrected chi connectivity index (χ1v) is 24.7. The van der Waals surface area contributed by atoms with E-state index in [1.54, 1.807) is 0 Å². The number of unbranched alkanes of at least 4 members (excludes halogenated alkanes) is 29. The van der Waals surface area contributed by atoms with Crippen molar-refractivity contribution in [1.82, 2.24) is 0 Å². The van der Waals surface area contributed by atoms with Gasteiger partial charge in [0.2, 0.25) is 0 Å². The molecular weight excluding hydrogens is 697 g/mol. The summed E-state index contributed by atoms with van der Waals surface area (Å²) < 4.78 is 16.7. The molecule has 0 amide bonds. The summed E-state index contributed by atoms with van der Waals surface area (Å²) >= 11 is 0. The maximum atomic E-state index is 12.6. The third-order valence-electron chi connectivity index (χ3n) is 11.2. The second-order valence-corrected chi connectivity index (χ2v) is 18.1. The zero-order chi connectivity index (χ0) is 41.2. The fraction of sp³-hybridized carbons (Fsp3) is 0.940. The quantitative estimate of drug-likeness (QED) is 0.0347. The van der Waals surface area contributed by atoms with Crippen LogP contribution in [-0.4, -0.2) is 37.2 Å². The van der Waals surface area contributed by atoms with Gasteiger partial charge in [-0.05, 0) is 31.1 Å². The molecule has 0 fully saturated rings. The molecule has 0 N–H and O–H groups in total. The molecule has 6 heteroatoms. The number of ether oxygens (including phenoxy) is 3. The average Bonchev–Trinajstić information content (AvgIpc) is 3.16. The predicted molar refractivity (Wildman–Crippen MR) is 238 cm³/mol. The third kappa shape index (κ3) is 43.5. The Bertz CT molecular complexity index is 854. The van der Waals surface area contributed by atoms with Crippen LogP contribution in [0.25, 0.3) is 0 Å². The van der Waals surface area contributed by atoms with E-state index in [-0.39, 0.29) is 31.1 Å². The lowest BCUT2D eigenvalue weighted by Gasteiger charge is -2.18. The fourth-order valence-electron chi connectivity index (χ4n) is 7.46. The molecule has 56 heavy (non-hydrogen) atoms. The molecule has 0 saturated heterocycles. The summed E-state index contributed by atoms with van der Waals surface area (Å²) in [6, 6.07) is 0. The number of hydrogen-bond acceptors (Lipinski definition) is 6.